The molecular weight excluding hydrogens is 226 g/mol. The maximum absolute atomic E-state index is 11.9. The molecule has 0 aliphatic carbocycles. The SMILES string of the molecule is Cc1cnc(-c2cccc3c2CN(C)C3=O)nc1. The second kappa shape index (κ2) is 3.91. The Morgan fingerprint density at radius 2 is 1.83 bits per heavy atom. The second-order valence-electron chi connectivity index (χ2n) is 4.58. The lowest BCUT2D eigenvalue weighted by atomic mass is 10.0. The molecule has 3 rings (SSSR count). The van der Waals surface area contributed by atoms with Gasteiger partial charge in [0, 0.05) is 37.1 Å². The van der Waals surface area contributed by atoms with E-state index in [1.165, 1.54) is 0 Å². The molecular formula is C14H13N3O. The van der Waals surface area contributed by atoms with E-state index in [0.29, 0.717) is 12.4 Å². The molecule has 2 aromatic rings. The first-order valence-electron chi connectivity index (χ1n) is 5.83. The van der Waals surface area contributed by atoms with Gasteiger partial charge >= 0.3 is 0 Å². The summed E-state index contributed by atoms with van der Waals surface area (Å²) < 4.78 is 0. The molecule has 0 N–H and O–H groups in total. The van der Waals surface area contributed by atoms with E-state index in [0.717, 1.165) is 22.3 Å². The summed E-state index contributed by atoms with van der Waals surface area (Å²) in [6.07, 6.45) is 3.59. The third-order valence-corrected chi connectivity index (χ3v) is 3.17. The van der Waals surface area contributed by atoms with E-state index in [2.05, 4.69) is 9.97 Å². The third-order valence-electron chi connectivity index (χ3n) is 3.17. The van der Waals surface area contributed by atoms with Crippen LogP contribution < -0.4 is 0 Å². The highest BCUT2D eigenvalue weighted by Gasteiger charge is 2.27. The van der Waals surface area contributed by atoms with E-state index in [1.54, 1.807) is 17.3 Å². The van der Waals surface area contributed by atoms with E-state index in [1.807, 2.05) is 32.2 Å². The number of carbonyl (C=O) groups is 1. The maximum Gasteiger partial charge on any atom is 0.254 e. The Balaban J connectivity index is 2.15. The highest BCUT2D eigenvalue weighted by atomic mass is 16.2. The molecule has 0 spiro atoms. The van der Waals surface area contributed by atoms with Crippen molar-refractivity contribution in [2.24, 2.45) is 0 Å². The second-order valence-corrected chi connectivity index (χ2v) is 4.58. The molecule has 2 heterocycles. The smallest absolute Gasteiger partial charge is 0.254 e. The Morgan fingerprint density at radius 1 is 1.17 bits per heavy atom. The van der Waals surface area contributed by atoms with Crippen LogP contribution in [-0.2, 0) is 6.54 Å². The van der Waals surface area contributed by atoms with Crippen LogP contribution in [-0.4, -0.2) is 27.8 Å². The number of aromatic nitrogens is 2. The average molecular weight is 239 g/mol. The molecule has 18 heavy (non-hydrogen) atoms. The van der Waals surface area contributed by atoms with Crippen molar-refractivity contribution in [2.75, 3.05) is 7.05 Å². The summed E-state index contributed by atoms with van der Waals surface area (Å²) in [5, 5.41) is 0. The Hall–Kier alpha value is -2.23. The van der Waals surface area contributed by atoms with Crippen LogP contribution in [0.5, 0.6) is 0 Å². The first kappa shape index (κ1) is 10.9. The highest BCUT2D eigenvalue weighted by molar-refractivity contribution is 6.00. The predicted octanol–water partition coefficient (Wildman–Crippen LogP) is 2.04. The lowest BCUT2D eigenvalue weighted by molar-refractivity contribution is 0.0816. The number of hydrogen-bond acceptors (Lipinski definition) is 3. The Labute approximate surface area is 105 Å². The average Bonchev–Trinajstić information content (AvgIpc) is 2.67. The van der Waals surface area contributed by atoms with E-state index < -0.39 is 0 Å². The molecule has 0 fully saturated rings. The molecule has 0 saturated carbocycles. The van der Waals surface area contributed by atoms with Crippen LogP contribution in [0.4, 0.5) is 0 Å². The minimum absolute atomic E-state index is 0.0685. The number of aryl methyl sites for hydroxylation is 1. The molecule has 4 heteroatoms. The molecule has 0 saturated heterocycles. The molecule has 0 atom stereocenters. The minimum Gasteiger partial charge on any atom is -0.337 e. The fourth-order valence-corrected chi connectivity index (χ4v) is 2.21. The fraction of sp³-hybridized carbons (Fsp3) is 0.214. The summed E-state index contributed by atoms with van der Waals surface area (Å²) in [4.78, 5) is 22.3. The van der Waals surface area contributed by atoms with E-state index in [-0.39, 0.29) is 5.91 Å². The van der Waals surface area contributed by atoms with Crippen molar-refractivity contribution in [3.05, 3.63) is 47.3 Å². The minimum atomic E-state index is 0.0685. The summed E-state index contributed by atoms with van der Waals surface area (Å²) in [6, 6.07) is 5.71. The van der Waals surface area contributed by atoms with Crippen LogP contribution in [0.15, 0.2) is 30.6 Å². The standard InChI is InChI=1S/C14H13N3O/c1-9-6-15-13(16-7-9)10-4-3-5-11-12(10)8-17(2)14(11)18/h3-7H,8H2,1-2H3. The summed E-state index contributed by atoms with van der Waals surface area (Å²) >= 11 is 0. The number of carbonyl (C=O) groups excluding carboxylic acids is 1. The molecule has 0 radical (unpaired) electrons. The molecule has 0 bridgehead atoms. The first-order valence-corrected chi connectivity index (χ1v) is 5.83. The monoisotopic (exact) mass is 239 g/mol. The van der Waals surface area contributed by atoms with Gasteiger partial charge in [-0.25, -0.2) is 9.97 Å². The summed E-state index contributed by atoms with van der Waals surface area (Å²) in [5.74, 6) is 0.750. The van der Waals surface area contributed by atoms with Crippen LogP contribution in [0.3, 0.4) is 0 Å². The number of fused-ring (bicyclic) bond motifs is 1. The van der Waals surface area contributed by atoms with Gasteiger partial charge in [-0.15, -0.1) is 0 Å². The van der Waals surface area contributed by atoms with Crippen LogP contribution in [0, 0.1) is 6.92 Å². The molecule has 4 nitrogen and oxygen atoms in total. The van der Waals surface area contributed by atoms with Gasteiger partial charge in [0.2, 0.25) is 0 Å². The number of rotatable bonds is 1. The normalized spacial score (nSPS) is 13.9. The maximum atomic E-state index is 11.9. The van der Waals surface area contributed by atoms with Crippen molar-refractivity contribution in [1.29, 1.82) is 0 Å². The molecule has 1 aromatic carbocycles. The lowest BCUT2D eigenvalue weighted by Crippen LogP contribution is -2.17. The molecule has 0 unspecified atom stereocenters. The number of amides is 1. The van der Waals surface area contributed by atoms with Crippen molar-refractivity contribution < 1.29 is 4.79 Å². The van der Waals surface area contributed by atoms with Crippen LogP contribution in [0.2, 0.25) is 0 Å². The van der Waals surface area contributed by atoms with E-state index in [9.17, 15) is 4.79 Å². The lowest BCUT2D eigenvalue weighted by Gasteiger charge is -2.07. The van der Waals surface area contributed by atoms with Crippen LogP contribution >= 0.6 is 0 Å². The summed E-state index contributed by atoms with van der Waals surface area (Å²) in [6.45, 7) is 2.58. The Kier molecular flexibility index (Phi) is 2.37. The van der Waals surface area contributed by atoms with Gasteiger partial charge in [-0.1, -0.05) is 12.1 Å². The predicted molar refractivity (Wildman–Crippen MR) is 68.0 cm³/mol. The zero-order valence-corrected chi connectivity index (χ0v) is 10.3. The Morgan fingerprint density at radius 3 is 2.56 bits per heavy atom. The first-order chi connectivity index (χ1) is 8.66. The molecule has 1 aromatic heterocycles. The topological polar surface area (TPSA) is 46.1 Å². The molecule has 1 aliphatic heterocycles. The van der Waals surface area contributed by atoms with Crippen molar-refractivity contribution in [3.8, 4) is 11.4 Å². The van der Waals surface area contributed by atoms with Gasteiger partial charge in [0.15, 0.2) is 5.82 Å². The summed E-state index contributed by atoms with van der Waals surface area (Å²) in [5.41, 5.74) is 3.76. The number of nitrogens with zero attached hydrogens (tertiary/aromatic N) is 3. The van der Waals surface area contributed by atoms with Crippen molar-refractivity contribution in [3.63, 3.8) is 0 Å². The zero-order chi connectivity index (χ0) is 12.7. The van der Waals surface area contributed by atoms with E-state index >= 15 is 0 Å². The number of hydrogen-bond donors (Lipinski definition) is 0. The van der Waals surface area contributed by atoms with Crippen LogP contribution in [0.25, 0.3) is 11.4 Å². The van der Waals surface area contributed by atoms with Gasteiger partial charge in [-0.3, -0.25) is 4.79 Å². The number of benzene rings is 1. The zero-order valence-electron chi connectivity index (χ0n) is 10.3. The van der Waals surface area contributed by atoms with Crippen molar-refractivity contribution in [1.82, 2.24) is 14.9 Å². The molecule has 1 aliphatic rings. The highest BCUT2D eigenvalue weighted by Crippen LogP contribution is 2.29. The quantitative estimate of drug-likeness (QED) is 0.765. The van der Waals surface area contributed by atoms with Gasteiger partial charge in [0.05, 0.1) is 0 Å². The Bertz CT molecular complexity index is 619. The molecule has 90 valence electrons. The van der Waals surface area contributed by atoms with Crippen molar-refractivity contribution >= 4 is 5.91 Å². The molecule has 1 amide bonds. The van der Waals surface area contributed by atoms with Gasteiger partial charge in [-0.05, 0) is 24.1 Å². The largest absolute Gasteiger partial charge is 0.337 e. The fourth-order valence-electron chi connectivity index (χ4n) is 2.21. The van der Waals surface area contributed by atoms with Crippen LogP contribution in [0.1, 0.15) is 21.5 Å². The summed E-state index contributed by atoms with van der Waals surface area (Å²) in [7, 11) is 1.81. The van der Waals surface area contributed by atoms with Gasteiger partial charge in [-0.2, -0.15) is 0 Å². The van der Waals surface area contributed by atoms with Gasteiger partial charge < -0.3 is 4.90 Å². The van der Waals surface area contributed by atoms with E-state index in [4.69, 9.17) is 0 Å². The van der Waals surface area contributed by atoms with Gasteiger partial charge in [0.1, 0.15) is 0 Å². The van der Waals surface area contributed by atoms with Crippen molar-refractivity contribution in [2.45, 2.75) is 13.5 Å². The van der Waals surface area contributed by atoms with Gasteiger partial charge in [0.25, 0.3) is 5.91 Å². The third kappa shape index (κ3) is 1.57.